The molecule has 0 fully saturated rings. The summed E-state index contributed by atoms with van der Waals surface area (Å²) in [5, 5.41) is 13.8. The lowest BCUT2D eigenvalue weighted by Gasteiger charge is -2.24. The van der Waals surface area contributed by atoms with Gasteiger partial charge in [-0.1, -0.05) is 12.1 Å². The van der Waals surface area contributed by atoms with Crippen molar-refractivity contribution in [1.82, 2.24) is 10.2 Å². The van der Waals surface area contributed by atoms with Gasteiger partial charge in [0.05, 0.1) is 12.5 Å². The topological polar surface area (TPSA) is 108 Å². The molecule has 0 aliphatic rings. The van der Waals surface area contributed by atoms with E-state index < -0.39 is 5.92 Å². The molecule has 2 amide bonds. The summed E-state index contributed by atoms with van der Waals surface area (Å²) < 4.78 is 0. The van der Waals surface area contributed by atoms with Crippen LogP contribution in [-0.4, -0.2) is 47.9 Å². The van der Waals surface area contributed by atoms with Crippen LogP contribution in [0.1, 0.15) is 20.3 Å². The Balaban J connectivity index is 4.69. The van der Waals surface area contributed by atoms with Gasteiger partial charge in [0, 0.05) is 13.6 Å². The number of nitrogens with zero attached hydrogens (tertiary/aromatic N) is 2. The van der Waals surface area contributed by atoms with E-state index >= 15 is 0 Å². The average molecular weight is 244 g/mol. The summed E-state index contributed by atoms with van der Waals surface area (Å²) in [7, 11) is 1.50. The van der Waals surface area contributed by atoms with Crippen LogP contribution < -0.4 is 11.1 Å². The molecule has 0 aromatic heterocycles. The van der Waals surface area contributed by atoms with Crippen molar-refractivity contribution >= 4 is 17.6 Å². The fourth-order valence-electron chi connectivity index (χ4n) is 1.28. The Hall–Kier alpha value is -1.79. The van der Waals surface area contributed by atoms with Crippen molar-refractivity contribution in [3.63, 3.8) is 0 Å². The molecular weight excluding hydrogens is 224 g/mol. The Kier molecular flexibility index (Phi) is 6.69. The first-order valence-corrected chi connectivity index (χ1v) is 5.44. The number of amides is 2. The maximum atomic E-state index is 12.0. The highest BCUT2D eigenvalue weighted by Crippen LogP contribution is 2.04. The minimum Gasteiger partial charge on any atom is -0.409 e. The van der Waals surface area contributed by atoms with E-state index in [-0.39, 0.29) is 24.2 Å². The number of amidine groups is 1. The van der Waals surface area contributed by atoms with Crippen molar-refractivity contribution < 1.29 is 14.8 Å². The average Bonchev–Trinajstić information content (AvgIpc) is 2.35. The number of nitrogens with two attached hydrogens (primary N) is 1. The van der Waals surface area contributed by atoms with Crippen LogP contribution in [0, 0.1) is 5.92 Å². The molecule has 0 aliphatic carbocycles. The molecule has 0 aromatic rings. The van der Waals surface area contributed by atoms with Gasteiger partial charge in [-0.25, -0.2) is 0 Å². The first-order valence-electron chi connectivity index (χ1n) is 5.44. The smallest absolute Gasteiger partial charge is 0.239 e. The molecule has 4 N–H and O–H groups in total. The molecule has 0 saturated carbocycles. The Bertz CT molecular complexity index is 304. The van der Waals surface area contributed by atoms with E-state index in [4.69, 9.17) is 10.9 Å². The van der Waals surface area contributed by atoms with Gasteiger partial charge in [0.15, 0.2) is 5.84 Å². The van der Waals surface area contributed by atoms with Gasteiger partial charge in [0.25, 0.3) is 0 Å². The molecule has 7 heteroatoms. The predicted molar refractivity (Wildman–Crippen MR) is 63.5 cm³/mol. The van der Waals surface area contributed by atoms with Crippen LogP contribution in [0.2, 0.25) is 0 Å². The Morgan fingerprint density at radius 3 is 2.53 bits per heavy atom. The molecule has 1 atom stereocenters. The van der Waals surface area contributed by atoms with Crippen molar-refractivity contribution in [3.05, 3.63) is 0 Å². The molecule has 0 heterocycles. The molecule has 17 heavy (non-hydrogen) atoms. The maximum Gasteiger partial charge on any atom is 0.239 e. The first kappa shape index (κ1) is 15.2. The van der Waals surface area contributed by atoms with Crippen LogP contribution in [0.15, 0.2) is 5.16 Å². The van der Waals surface area contributed by atoms with Gasteiger partial charge in [-0.15, -0.1) is 0 Å². The molecule has 0 radical (unpaired) electrons. The molecular formula is C10H20N4O3. The number of carbonyl (C=O) groups excluding carboxylic acids is 2. The summed E-state index contributed by atoms with van der Waals surface area (Å²) in [5.41, 5.74) is 5.37. The first-order chi connectivity index (χ1) is 7.97. The number of likely N-dealkylation sites (N-methyl/N-ethyl adjacent to an activating group) is 1. The number of hydrogen-bond donors (Lipinski definition) is 3. The highest BCUT2D eigenvalue weighted by Gasteiger charge is 2.24. The van der Waals surface area contributed by atoms with Crippen molar-refractivity contribution in [1.29, 1.82) is 0 Å². The molecule has 0 aromatic carbocycles. The fraction of sp³-hybridized carbons (Fsp3) is 0.700. The van der Waals surface area contributed by atoms with Gasteiger partial charge < -0.3 is 21.2 Å². The van der Waals surface area contributed by atoms with E-state index in [1.165, 1.54) is 18.9 Å². The summed E-state index contributed by atoms with van der Waals surface area (Å²) in [6, 6.07) is 0. The number of nitrogens with one attached hydrogen (secondary N) is 1. The van der Waals surface area contributed by atoms with Gasteiger partial charge in [-0.2, -0.15) is 0 Å². The van der Waals surface area contributed by atoms with Crippen LogP contribution in [0.3, 0.4) is 0 Å². The van der Waals surface area contributed by atoms with E-state index in [1.807, 2.05) is 6.92 Å². The third kappa shape index (κ3) is 4.71. The summed E-state index contributed by atoms with van der Waals surface area (Å²) in [4.78, 5) is 24.6. The van der Waals surface area contributed by atoms with Crippen LogP contribution in [0.5, 0.6) is 0 Å². The second-order valence-corrected chi connectivity index (χ2v) is 3.68. The molecule has 0 aliphatic heterocycles. The zero-order valence-corrected chi connectivity index (χ0v) is 10.4. The third-order valence-corrected chi connectivity index (χ3v) is 2.35. The zero-order chi connectivity index (χ0) is 13.4. The van der Waals surface area contributed by atoms with Gasteiger partial charge >= 0.3 is 0 Å². The van der Waals surface area contributed by atoms with Gasteiger partial charge in [0.1, 0.15) is 0 Å². The fourth-order valence-corrected chi connectivity index (χ4v) is 1.28. The monoisotopic (exact) mass is 244 g/mol. The van der Waals surface area contributed by atoms with Gasteiger partial charge in [-0.3, -0.25) is 9.59 Å². The quantitative estimate of drug-likeness (QED) is 0.250. The second-order valence-electron chi connectivity index (χ2n) is 3.68. The van der Waals surface area contributed by atoms with Crippen LogP contribution in [0.25, 0.3) is 0 Å². The molecule has 1 unspecified atom stereocenters. The van der Waals surface area contributed by atoms with Crippen LogP contribution >= 0.6 is 0 Å². The SMILES string of the molecule is CCCN(CC(=O)NC)C(=O)C(C)C(N)=NO. The molecule has 0 spiro atoms. The molecule has 0 saturated heterocycles. The van der Waals surface area contributed by atoms with Crippen molar-refractivity contribution in [2.75, 3.05) is 20.1 Å². The lowest BCUT2D eigenvalue weighted by molar-refractivity contribution is -0.137. The van der Waals surface area contributed by atoms with Gasteiger partial charge in [-0.05, 0) is 13.3 Å². The van der Waals surface area contributed by atoms with Crippen LogP contribution in [-0.2, 0) is 9.59 Å². The lowest BCUT2D eigenvalue weighted by atomic mass is 10.1. The summed E-state index contributed by atoms with van der Waals surface area (Å²) >= 11 is 0. The largest absolute Gasteiger partial charge is 0.409 e. The van der Waals surface area contributed by atoms with Crippen molar-refractivity contribution in [2.45, 2.75) is 20.3 Å². The Labute approximate surface area is 101 Å². The minimum absolute atomic E-state index is 0.0216. The molecule has 0 bridgehead atoms. The summed E-state index contributed by atoms with van der Waals surface area (Å²) in [6.07, 6.45) is 0.728. The van der Waals surface area contributed by atoms with E-state index in [0.717, 1.165) is 6.42 Å². The maximum absolute atomic E-state index is 12.0. The van der Waals surface area contributed by atoms with Gasteiger partial charge in [0.2, 0.25) is 11.8 Å². The highest BCUT2D eigenvalue weighted by molar-refractivity contribution is 6.02. The number of carbonyl (C=O) groups is 2. The third-order valence-electron chi connectivity index (χ3n) is 2.35. The Morgan fingerprint density at radius 1 is 1.53 bits per heavy atom. The number of rotatable bonds is 6. The number of oxime groups is 1. The lowest BCUT2D eigenvalue weighted by Crippen LogP contribution is -2.45. The predicted octanol–water partition coefficient (Wildman–Crippen LogP) is -0.646. The molecule has 0 rings (SSSR count). The normalized spacial score (nSPS) is 13.0. The van der Waals surface area contributed by atoms with Crippen molar-refractivity contribution in [2.24, 2.45) is 16.8 Å². The zero-order valence-electron chi connectivity index (χ0n) is 10.4. The summed E-state index contributed by atoms with van der Waals surface area (Å²) in [6.45, 7) is 3.86. The molecule has 98 valence electrons. The summed E-state index contributed by atoms with van der Waals surface area (Å²) in [5.74, 6) is -1.48. The Morgan fingerprint density at radius 2 is 2.12 bits per heavy atom. The van der Waals surface area contributed by atoms with E-state index in [1.54, 1.807) is 0 Å². The van der Waals surface area contributed by atoms with E-state index in [9.17, 15) is 9.59 Å². The van der Waals surface area contributed by atoms with E-state index in [0.29, 0.717) is 6.54 Å². The highest BCUT2D eigenvalue weighted by atomic mass is 16.4. The van der Waals surface area contributed by atoms with Crippen LogP contribution in [0.4, 0.5) is 0 Å². The molecule has 7 nitrogen and oxygen atoms in total. The second kappa shape index (κ2) is 7.48. The van der Waals surface area contributed by atoms with E-state index in [2.05, 4.69) is 10.5 Å². The standard InChI is InChI=1S/C10H20N4O3/c1-4-5-14(6-8(15)12-3)10(16)7(2)9(11)13-17/h7,17H,4-6H2,1-3H3,(H2,11,13)(H,12,15). The minimum atomic E-state index is -0.740. The number of hydrogen-bond acceptors (Lipinski definition) is 4. The van der Waals surface area contributed by atoms with Crippen molar-refractivity contribution in [3.8, 4) is 0 Å².